The fourth-order valence-electron chi connectivity index (χ4n) is 4.83. The standard InChI is InChI=1S/C32H46N4O10/c1-20(2)43-18-25(38)34-15-17-46-32(5,6)13-16-45-31(3,4)12-14-33-26(39)19-44-23-9-7-8-21-27(23)30(42)36(29(21)41)22-10-11-24(37)35-28(22)40/h7-9,20,22H,10-19H2,1-6H3,(H,33,39)(H,34,38)(H,35,37,40). The molecule has 6 amide bonds. The van der Waals surface area contributed by atoms with Gasteiger partial charge >= 0.3 is 0 Å². The van der Waals surface area contributed by atoms with E-state index < -0.39 is 53.4 Å². The number of ether oxygens (including phenoxy) is 4. The molecule has 0 aromatic heterocycles. The first-order valence-electron chi connectivity index (χ1n) is 15.5. The lowest BCUT2D eigenvalue weighted by atomic mass is 10.0. The van der Waals surface area contributed by atoms with Gasteiger partial charge in [0.05, 0.1) is 41.6 Å². The van der Waals surface area contributed by atoms with Crippen molar-refractivity contribution in [2.75, 3.05) is 39.5 Å². The quantitative estimate of drug-likeness (QED) is 0.156. The summed E-state index contributed by atoms with van der Waals surface area (Å²) in [5, 5.41) is 7.69. The molecule has 1 saturated heterocycles. The Kier molecular flexibility index (Phi) is 12.8. The van der Waals surface area contributed by atoms with Gasteiger partial charge in [0.2, 0.25) is 17.7 Å². The number of carbonyl (C=O) groups excluding carboxylic acids is 6. The molecular weight excluding hydrogens is 600 g/mol. The number of nitrogens with zero attached hydrogens (tertiary/aromatic N) is 1. The first kappa shape index (κ1) is 36.6. The van der Waals surface area contributed by atoms with Crippen LogP contribution in [-0.4, -0.2) is 103 Å². The Morgan fingerprint density at radius 1 is 0.913 bits per heavy atom. The molecule has 1 aromatic carbocycles. The number of amides is 6. The van der Waals surface area contributed by atoms with Crippen LogP contribution in [0, 0.1) is 0 Å². The van der Waals surface area contributed by atoms with Crippen LogP contribution < -0.4 is 20.7 Å². The minimum absolute atomic E-state index is 0.0126. The van der Waals surface area contributed by atoms with Gasteiger partial charge in [0.1, 0.15) is 18.4 Å². The maximum atomic E-state index is 13.2. The highest BCUT2D eigenvalue weighted by Gasteiger charge is 2.46. The van der Waals surface area contributed by atoms with Crippen LogP contribution in [0.5, 0.6) is 5.75 Å². The number of imide groups is 2. The fourth-order valence-corrected chi connectivity index (χ4v) is 4.83. The number of rotatable bonds is 18. The van der Waals surface area contributed by atoms with Gasteiger partial charge in [-0.05, 0) is 72.9 Å². The lowest BCUT2D eigenvalue weighted by Gasteiger charge is -2.30. The van der Waals surface area contributed by atoms with Crippen LogP contribution in [-0.2, 0) is 33.4 Å². The molecule has 0 spiro atoms. The molecule has 1 fully saturated rings. The molecule has 1 unspecified atom stereocenters. The monoisotopic (exact) mass is 646 g/mol. The summed E-state index contributed by atoms with van der Waals surface area (Å²) in [4.78, 5) is 75.1. The molecule has 3 N–H and O–H groups in total. The van der Waals surface area contributed by atoms with Crippen LogP contribution in [0.2, 0.25) is 0 Å². The van der Waals surface area contributed by atoms with E-state index in [0.29, 0.717) is 39.1 Å². The van der Waals surface area contributed by atoms with Crippen molar-refractivity contribution in [1.82, 2.24) is 20.9 Å². The molecule has 0 bridgehead atoms. The first-order chi connectivity index (χ1) is 21.6. The van der Waals surface area contributed by atoms with Gasteiger partial charge in [-0.3, -0.25) is 39.0 Å². The van der Waals surface area contributed by atoms with E-state index in [-0.39, 0.29) is 48.3 Å². The summed E-state index contributed by atoms with van der Waals surface area (Å²) in [6, 6.07) is 3.36. The average Bonchev–Trinajstić information content (AvgIpc) is 3.22. The second-order valence-electron chi connectivity index (χ2n) is 12.7. The van der Waals surface area contributed by atoms with E-state index in [0.717, 1.165) is 4.90 Å². The highest BCUT2D eigenvalue weighted by molar-refractivity contribution is 6.24. The van der Waals surface area contributed by atoms with Gasteiger partial charge < -0.3 is 29.6 Å². The molecule has 14 nitrogen and oxygen atoms in total. The van der Waals surface area contributed by atoms with Crippen LogP contribution in [0.4, 0.5) is 0 Å². The van der Waals surface area contributed by atoms with Gasteiger partial charge in [-0.15, -0.1) is 0 Å². The number of hydrogen-bond donors (Lipinski definition) is 3. The van der Waals surface area contributed by atoms with E-state index in [4.69, 9.17) is 18.9 Å². The van der Waals surface area contributed by atoms with Crippen LogP contribution in [0.15, 0.2) is 18.2 Å². The Balaban J connectivity index is 1.38. The molecule has 3 rings (SSSR count). The maximum Gasteiger partial charge on any atom is 0.266 e. The van der Waals surface area contributed by atoms with Gasteiger partial charge in [-0.1, -0.05) is 6.07 Å². The summed E-state index contributed by atoms with van der Waals surface area (Å²) in [5.41, 5.74) is -0.962. The van der Waals surface area contributed by atoms with Crippen molar-refractivity contribution in [3.8, 4) is 5.75 Å². The third-order valence-electron chi connectivity index (χ3n) is 7.50. The van der Waals surface area contributed by atoms with Crippen molar-refractivity contribution in [3.05, 3.63) is 29.3 Å². The van der Waals surface area contributed by atoms with Gasteiger partial charge in [0.15, 0.2) is 6.61 Å². The summed E-state index contributed by atoms with van der Waals surface area (Å²) in [5.74, 6) is -3.09. The van der Waals surface area contributed by atoms with Crippen LogP contribution in [0.25, 0.3) is 0 Å². The molecule has 0 aliphatic carbocycles. The Bertz CT molecular complexity index is 1310. The highest BCUT2D eigenvalue weighted by atomic mass is 16.5. The van der Waals surface area contributed by atoms with Gasteiger partial charge in [-0.2, -0.15) is 0 Å². The molecule has 2 heterocycles. The lowest BCUT2D eigenvalue weighted by Crippen LogP contribution is -2.54. The zero-order valence-corrected chi connectivity index (χ0v) is 27.5. The molecule has 1 aromatic rings. The Labute approximate surface area is 269 Å². The van der Waals surface area contributed by atoms with Crippen molar-refractivity contribution in [1.29, 1.82) is 0 Å². The van der Waals surface area contributed by atoms with Crippen LogP contribution in [0.3, 0.4) is 0 Å². The highest BCUT2D eigenvalue weighted by Crippen LogP contribution is 2.33. The molecule has 46 heavy (non-hydrogen) atoms. The number of carbonyl (C=O) groups is 6. The van der Waals surface area contributed by atoms with E-state index in [1.165, 1.54) is 18.2 Å². The van der Waals surface area contributed by atoms with Crippen molar-refractivity contribution < 1.29 is 47.7 Å². The molecular formula is C32H46N4O10. The maximum absolute atomic E-state index is 13.2. The summed E-state index contributed by atoms with van der Waals surface area (Å²) in [6.07, 6.45) is 1.17. The third-order valence-corrected chi connectivity index (χ3v) is 7.50. The molecule has 0 radical (unpaired) electrons. The summed E-state index contributed by atoms with van der Waals surface area (Å²) in [7, 11) is 0. The predicted octanol–water partition coefficient (Wildman–Crippen LogP) is 1.49. The third kappa shape index (κ3) is 10.6. The lowest BCUT2D eigenvalue weighted by molar-refractivity contribution is -0.136. The molecule has 2 aliphatic rings. The second-order valence-corrected chi connectivity index (χ2v) is 12.7. The average molecular weight is 647 g/mol. The number of fused-ring (bicyclic) bond motifs is 1. The largest absolute Gasteiger partial charge is 0.483 e. The van der Waals surface area contributed by atoms with Crippen molar-refractivity contribution in [2.24, 2.45) is 0 Å². The van der Waals surface area contributed by atoms with Crippen molar-refractivity contribution in [2.45, 2.75) is 90.6 Å². The number of benzene rings is 1. The molecule has 14 heteroatoms. The summed E-state index contributed by atoms with van der Waals surface area (Å²) < 4.78 is 22.8. The molecule has 0 saturated carbocycles. The van der Waals surface area contributed by atoms with Crippen LogP contribution in [0.1, 0.15) is 87.9 Å². The van der Waals surface area contributed by atoms with Gasteiger partial charge in [0.25, 0.3) is 17.7 Å². The number of nitrogens with one attached hydrogen (secondary N) is 3. The van der Waals surface area contributed by atoms with E-state index in [9.17, 15) is 28.8 Å². The Morgan fingerprint density at radius 2 is 1.57 bits per heavy atom. The Hall–Kier alpha value is -3.88. The molecule has 254 valence electrons. The second kappa shape index (κ2) is 16.1. The Morgan fingerprint density at radius 3 is 2.26 bits per heavy atom. The minimum atomic E-state index is -1.10. The van der Waals surface area contributed by atoms with Gasteiger partial charge in [-0.25, -0.2) is 0 Å². The van der Waals surface area contributed by atoms with Crippen LogP contribution >= 0.6 is 0 Å². The van der Waals surface area contributed by atoms with E-state index in [1.807, 2.05) is 41.5 Å². The fraction of sp³-hybridized carbons (Fsp3) is 0.625. The van der Waals surface area contributed by atoms with E-state index in [2.05, 4.69) is 16.0 Å². The van der Waals surface area contributed by atoms with Gasteiger partial charge in [0, 0.05) is 19.5 Å². The molecule has 1 atom stereocenters. The van der Waals surface area contributed by atoms with Crippen molar-refractivity contribution in [3.63, 3.8) is 0 Å². The first-order valence-corrected chi connectivity index (χ1v) is 15.5. The zero-order chi connectivity index (χ0) is 34.1. The van der Waals surface area contributed by atoms with Crippen molar-refractivity contribution >= 4 is 35.4 Å². The van der Waals surface area contributed by atoms with E-state index in [1.54, 1.807) is 0 Å². The normalized spacial score (nSPS) is 16.8. The topological polar surface area (TPSA) is 179 Å². The van der Waals surface area contributed by atoms with E-state index >= 15 is 0 Å². The minimum Gasteiger partial charge on any atom is -0.483 e. The number of piperidine rings is 1. The summed E-state index contributed by atoms with van der Waals surface area (Å²) >= 11 is 0. The zero-order valence-electron chi connectivity index (χ0n) is 27.5. The molecule has 2 aliphatic heterocycles. The predicted molar refractivity (Wildman–Crippen MR) is 165 cm³/mol. The number of hydrogen-bond acceptors (Lipinski definition) is 10. The SMILES string of the molecule is CC(C)OCC(=O)NCCOC(C)(C)CCOC(C)(C)CCNC(=O)COc1cccc2c1C(=O)N(C1CCC(=O)NC1=O)C2=O. The summed E-state index contributed by atoms with van der Waals surface area (Å²) in [6.45, 7) is 12.6. The smallest absolute Gasteiger partial charge is 0.266 e.